The number of imidazole rings is 1. The number of carbonyl (C=O) groups is 12. The highest BCUT2D eigenvalue weighted by molar-refractivity contribution is 5.92. The topological polar surface area (TPSA) is 432 Å². The van der Waals surface area contributed by atoms with Gasteiger partial charge in [0.05, 0.1) is 85.0 Å². The fourth-order valence-corrected chi connectivity index (χ4v) is 11.4. The Labute approximate surface area is 620 Å². The van der Waals surface area contributed by atoms with Crippen molar-refractivity contribution in [2.24, 2.45) is 17.3 Å². The second kappa shape index (κ2) is 62.3. The lowest BCUT2D eigenvalue weighted by atomic mass is 9.81. The summed E-state index contributed by atoms with van der Waals surface area (Å²) >= 11 is 0. The predicted molar refractivity (Wildman–Crippen MR) is 388 cm³/mol. The molecule has 0 aliphatic heterocycles. The summed E-state index contributed by atoms with van der Waals surface area (Å²) in [5.74, 6) is -4.30. The van der Waals surface area contributed by atoms with Gasteiger partial charge in [0, 0.05) is 101 Å². The summed E-state index contributed by atoms with van der Waals surface area (Å²) in [4.78, 5) is 159. The van der Waals surface area contributed by atoms with E-state index < -0.39 is 41.3 Å². The van der Waals surface area contributed by atoms with Crippen LogP contribution in [0.15, 0.2) is 12.5 Å². The Morgan fingerprint density at radius 3 is 1.57 bits per heavy atom. The molecule has 0 bridgehead atoms. The first-order valence-electron chi connectivity index (χ1n) is 38.3. The molecule has 0 spiro atoms. The molecule has 6 amide bonds. The fraction of sp³-hybridized carbons (Fsp3) is 0.797. The number of carbonyl (C=O) groups excluding carboxylic acids is 10. The Balaban J connectivity index is 1.32. The average Bonchev–Trinajstić information content (AvgIpc) is 0.994. The summed E-state index contributed by atoms with van der Waals surface area (Å²) in [5, 5.41) is 35.3. The molecule has 2 rings (SSSR count). The fourth-order valence-electron chi connectivity index (χ4n) is 11.4. The molecule has 31 nitrogen and oxygen atoms in total. The largest absolute Gasteiger partial charge is 0.481 e. The van der Waals surface area contributed by atoms with E-state index in [1.807, 2.05) is 0 Å². The van der Waals surface area contributed by atoms with Gasteiger partial charge in [-0.2, -0.15) is 0 Å². The molecule has 2 atom stereocenters. The van der Waals surface area contributed by atoms with Gasteiger partial charge in [0.25, 0.3) is 0 Å². The number of amides is 6. The van der Waals surface area contributed by atoms with E-state index >= 15 is 0 Å². The Morgan fingerprint density at radius 2 is 1.03 bits per heavy atom. The van der Waals surface area contributed by atoms with Crippen molar-refractivity contribution in [3.8, 4) is 0 Å². The molecule has 0 saturated heterocycles. The molecule has 0 radical (unpaired) electrons. The van der Waals surface area contributed by atoms with Crippen molar-refractivity contribution >= 4 is 70.5 Å². The molecule has 600 valence electrons. The van der Waals surface area contributed by atoms with E-state index in [4.69, 9.17) is 43.1 Å². The number of unbranched alkanes of at least 4 members (excludes halogenated alkanes) is 14. The third kappa shape index (κ3) is 53.7. The zero-order chi connectivity index (χ0) is 76.8. The number of carboxylic acids is 2. The van der Waals surface area contributed by atoms with E-state index in [1.54, 1.807) is 33.3 Å². The van der Waals surface area contributed by atoms with Crippen molar-refractivity contribution in [1.82, 2.24) is 47.3 Å². The molecule has 0 aromatic carbocycles. The van der Waals surface area contributed by atoms with Crippen LogP contribution in [0.25, 0.3) is 0 Å². The molecular weight excluding hydrogens is 1370 g/mol. The molecule has 1 fully saturated rings. The Kier molecular flexibility index (Phi) is 56.0. The summed E-state index contributed by atoms with van der Waals surface area (Å²) in [6.45, 7) is 7.75. The minimum atomic E-state index is -1.26. The molecule has 1 aromatic heterocycles. The van der Waals surface area contributed by atoms with E-state index in [0.717, 1.165) is 57.1 Å². The van der Waals surface area contributed by atoms with Crippen molar-refractivity contribution in [3.05, 3.63) is 18.2 Å². The monoisotopic (exact) mass is 1490 g/mol. The first-order chi connectivity index (χ1) is 50.7. The molecule has 1 aliphatic carbocycles. The van der Waals surface area contributed by atoms with Gasteiger partial charge in [0.2, 0.25) is 35.4 Å². The standard InChI is InChI=1S/C74H127N9O22/c1-4-64(86)62(79-51-65(87)74(2,3)48-60(84)31-30-59-50-75-56-81-59)23-19-20-34-76-68(90)53-103-45-42-100-39-36-77-69(91)54-102-44-40-98-37-21-22-61(85)52-101-43-41-99-38-35-78-70(92)55-104-46-47-105-83-67(89)33-32-63(73(96)97)82-72(95)58-28-26-57(27-29-58)49-80-66(88)24-17-15-13-11-9-7-5-6-8-10-12-14-16-18-25-71(93)94/h50,56-58,62-63,79H,4-49,51-55H2,1-3H3,(H,75,81)(H,76,90)(H,77,91)(H,78,92)(H,80,88)(H,82,95)(H,83,89)(H,93,94)(H,96,97)/t57?,58?,62-,63-/m0/s1. The molecule has 1 saturated carbocycles. The number of aryl methyl sites for hydroxylation is 1. The van der Waals surface area contributed by atoms with E-state index in [1.165, 1.54) is 51.4 Å². The first kappa shape index (κ1) is 94.4. The van der Waals surface area contributed by atoms with E-state index in [9.17, 15) is 62.6 Å². The summed E-state index contributed by atoms with van der Waals surface area (Å²) in [5.41, 5.74) is 2.19. The summed E-state index contributed by atoms with van der Waals surface area (Å²) < 4.78 is 37.7. The molecule has 105 heavy (non-hydrogen) atoms. The normalized spacial score (nSPS) is 14.2. The van der Waals surface area contributed by atoms with Crippen LogP contribution in [0.2, 0.25) is 0 Å². The summed E-state index contributed by atoms with van der Waals surface area (Å²) in [6, 6.07) is -1.77. The van der Waals surface area contributed by atoms with Crippen LogP contribution in [0, 0.1) is 17.3 Å². The van der Waals surface area contributed by atoms with Crippen LogP contribution in [-0.4, -0.2) is 235 Å². The Bertz CT molecular complexity index is 2590. The maximum atomic E-state index is 13.0. The van der Waals surface area contributed by atoms with Crippen LogP contribution in [0.3, 0.4) is 0 Å². The minimum absolute atomic E-state index is 0.0101. The lowest BCUT2D eigenvalue weighted by Crippen LogP contribution is -2.45. The molecule has 0 unspecified atom stereocenters. The smallest absolute Gasteiger partial charge is 0.326 e. The summed E-state index contributed by atoms with van der Waals surface area (Å²) in [7, 11) is 0. The van der Waals surface area contributed by atoms with Gasteiger partial charge >= 0.3 is 11.9 Å². The van der Waals surface area contributed by atoms with Crippen LogP contribution < -0.4 is 37.4 Å². The van der Waals surface area contributed by atoms with Crippen molar-refractivity contribution in [3.63, 3.8) is 0 Å². The van der Waals surface area contributed by atoms with E-state index in [2.05, 4.69) is 47.3 Å². The maximum Gasteiger partial charge on any atom is 0.326 e. The van der Waals surface area contributed by atoms with Crippen LogP contribution in [0.5, 0.6) is 0 Å². The van der Waals surface area contributed by atoms with E-state index in [0.29, 0.717) is 83.9 Å². The second-order valence-corrected chi connectivity index (χ2v) is 27.3. The van der Waals surface area contributed by atoms with Crippen molar-refractivity contribution in [2.45, 2.75) is 232 Å². The molecule has 10 N–H and O–H groups in total. The molecule has 31 heteroatoms. The van der Waals surface area contributed by atoms with Gasteiger partial charge < -0.3 is 80.3 Å². The maximum absolute atomic E-state index is 13.0. The number of ketones is 4. The van der Waals surface area contributed by atoms with Gasteiger partial charge in [-0.15, -0.1) is 0 Å². The predicted octanol–water partition coefficient (Wildman–Crippen LogP) is 5.46. The third-order valence-corrected chi connectivity index (χ3v) is 17.7. The van der Waals surface area contributed by atoms with Crippen molar-refractivity contribution < 1.29 is 106 Å². The summed E-state index contributed by atoms with van der Waals surface area (Å²) in [6.07, 6.45) is 25.7. The zero-order valence-electron chi connectivity index (χ0n) is 63.0. The molecule has 1 aromatic rings. The number of nitrogens with zero attached hydrogens (tertiary/aromatic N) is 1. The van der Waals surface area contributed by atoms with Crippen LogP contribution in [0.1, 0.15) is 219 Å². The lowest BCUT2D eigenvalue weighted by Gasteiger charge is -2.28. The lowest BCUT2D eigenvalue weighted by molar-refractivity contribution is -0.143. The number of nitrogens with one attached hydrogen (secondary N) is 8. The van der Waals surface area contributed by atoms with Crippen LogP contribution in [0.4, 0.5) is 0 Å². The number of rotatable bonds is 72. The highest BCUT2D eigenvalue weighted by Gasteiger charge is 2.32. The number of aromatic amines is 1. The number of Topliss-reactive ketones (excluding diaryl/α,β-unsaturated/α-hetero) is 4. The Morgan fingerprint density at radius 1 is 0.505 bits per heavy atom. The van der Waals surface area contributed by atoms with Crippen molar-refractivity contribution in [2.75, 3.05) is 132 Å². The number of ether oxygens (including phenoxy) is 7. The van der Waals surface area contributed by atoms with Gasteiger partial charge in [-0.3, -0.25) is 57.6 Å². The molecule has 1 heterocycles. The highest BCUT2D eigenvalue weighted by Crippen LogP contribution is 2.29. The van der Waals surface area contributed by atoms with Gasteiger partial charge in [0.15, 0.2) is 11.6 Å². The van der Waals surface area contributed by atoms with Gasteiger partial charge in [0.1, 0.15) is 44.0 Å². The number of hydrogen-bond acceptors (Lipinski definition) is 22. The van der Waals surface area contributed by atoms with Crippen LogP contribution in [-0.2, 0) is 102 Å². The average molecular weight is 1490 g/mol. The molecular formula is C74H127N9O22. The number of carboxylic acid groups (broad SMARTS) is 2. The van der Waals surface area contributed by atoms with Crippen LogP contribution >= 0.6 is 0 Å². The zero-order valence-corrected chi connectivity index (χ0v) is 63.0. The SMILES string of the molecule is CCC(=O)[C@H](CCCCNC(=O)COCCOCCNC(=O)COCCOCCCC(=O)COCCOCCNC(=O)COCCONC(=O)CC[C@H](NC(=O)C1CCC(CNC(=O)CCCCCCCCCCCCCCCCC(=O)O)CC1)C(=O)O)NCC(=O)C(C)(C)CC(=O)CCc1cnc[nH]1. The number of aromatic nitrogens is 2. The van der Waals surface area contributed by atoms with Crippen molar-refractivity contribution in [1.29, 1.82) is 0 Å². The highest BCUT2D eigenvalue weighted by atomic mass is 16.7. The number of hydrogen-bond donors (Lipinski definition) is 10. The Hall–Kier alpha value is -6.71. The first-order valence-corrected chi connectivity index (χ1v) is 38.3. The third-order valence-electron chi connectivity index (χ3n) is 17.7. The number of H-pyrrole nitrogens is 1. The van der Waals surface area contributed by atoms with Gasteiger partial charge in [-0.05, 0) is 83.0 Å². The van der Waals surface area contributed by atoms with Gasteiger partial charge in [-0.25, -0.2) is 15.3 Å². The van der Waals surface area contributed by atoms with E-state index in [-0.39, 0.29) is 203 Å². The number of hydroxylamine groups is 1. The quantitative estimate of drug-likeness (QED) is 0.0286. The van der Waals surface area contributed by atoms with Gasteiger partial charge in [-0.1, -0.05) is 97.8 Å². The minimum Gasteiger partial charge on any atom is -0.481 e. The second-order valence-electron chi connectivity index (χ2n) is 27.3. The molecule has 1 aliphatic rings. The number of aliphatic carboxylic acids is 2.